The smallest absolute Gasteiger partial charge is 0.242 e. The Kier molecular flexibility index (Phi) is 7.29. The van der Waals surface area contributed by atoms with Crippen LogP contribution in [0.3, 0.4) is 0 Å². The van der Waals surface area contributed by atoms with Gasteiger partial charge in [-0.3, -0.25) is 0 Å². The normalized spacial score (nSPS) is 12.5. The van der Waals surface area contributed by atoms with Crippen molar-refractivity contribution >= 4 is 21.4 Å². The van der Waals surface area contributed by atoms with Crippen molar-refractivity contribution in [3.63, 3.8) is 0 Å². The molecule has 2 N–H and O–H groups in total. The zero-order valence-corrected chi connectivity index (χ0v) is 14.9. The minimum atomic E-state index is -3.52. The largest absolute Gasteiger partial charge is 0.391 e. The predicted molar refractivity (Wildman–Crippen MR) is 87.2 cm³/mol. The third-order valence-corrected chi connectivity index (χ3v) is 6.42. The maximum Gasteiger partial charge on any atom is 0.242 e. The van der Waals surface area contributed by atoms with Crippen molar-refractivity contribution in [1.82, 2.24) is 9.62 Å². The molecule has 0 amide bonds. The summed E-state index contributed by atoms with van der Waals surface area (Å²) in [5.41, 5.74) is 0.691. The van der Waals surface area contributed by atoms with Crippen molar-refractivity contribution in [3.8, 4) is 0 Å². The first kappa shape index (κ1) is 18.6. The van der Waals surface area contributed by atoms with Crippen LogP contribution in [0.2, 0.25) is 0 Å². The molecular formula is C14H26N2O3S2. The number of aliphatic hydroxyl groups is 1. The van der Waals surface area contributed by atoms with Gasteiger partial charge < -0.3 is 10.0 Å². The van der Waals surface area contributed by atoms with Crippen LogP contribution in [0.1, 0.15) is 37.1 Å². The number of hydrogen-bond acceptors (Lipinski definition) is 5. The van der Waals surface area contributed by atoms with Crippen molar-refractivity contribution in [1.29, 1.82) is 0 Å². The number of aliphatic hydroxyl groups excluding tert-OH is 1. The third kappa shape index (κ3) is 5.34. The van der Waals surface area contributed by atoms with Gasteiger partial charge in [0.2, 0.25) is 10.0 Å². The lowest BCUT2D eigenvalue weighted by Crippen LogP contribution is -2.29. The molecule has 7 heteroatoms. The Morgan fingerprint density at radius 2 is 2.05 bits per heavy atom. The molecule has 0 aromatic carbocycles. The monoisotopic (exact) mass is 334 g/mol. The highest BCUT2D eigenvalue weighted by molar-refractivity contribution is 7.89. The first-order valence-electron chi connectivity index (χ1n) is 7.17. The molecule has 0 saturated heterocycles. The molecule has 1 rings (SSSR count). The summed E-state index contributed by atoms with van der Waals surface area (Å²) in [5.74, 6) is 0. The minimum Gasteiger partial charge on any atom is -0.391 e. The average Bonchev–Trinajstić information content (AvgIpc) is 2.79. The second-order valence-electron chi connectivity index (χ2n) is 5.51. The molecule has 0 radical (unpaired) electrons. The molecule has 0 aliphatic rings. The lowest BCUT2D eigenvalue weighted by atomic mass is 10.2. The molecule has 0 aliphatic heterocycles. The lowest BCUT2D eigenvalue weighted by Gasteiger charge is -2.20. The summed E-state index contributed by atoms with van der Waals surface area (Å²) in [6.45, 7) is 7.17. The lowest BCUT2D eigenvalue weighted by molar-refractivity contribution is 0.268. The molecule has 1 aromatic heterocycles. The van der Waals surface area contributed by atoms with Crippen LogP contribution in [-0.4, -0.2) is 44.6 Å². The molecule has 21 heavy (non-hydrogen) atoms. The van der Waals surface area contributed by atoms with Gasteiger partial charge in [0.15, 0.2) is 0 Å². The molecule has 0 aliphatic carbocycles. The van der Waals surface area contributed by atoms with E-state index < -0.39 is 10.0 Å². The van der Waals surface area contributed by atoms with E-state index in [1.54, 1.807) is 12.3 Å². The molecule has 0 atom stereocenters. The Morgan fingerprint density at radius 3 is 2.62 bits per heavy atom. The quantitative estimate of drug-likeness (QED) is 0.677. The molecule has 0 unspecified atom stereocenters. The molecule has 1 heterocycles. The number of unbranched alkanes of at least 4 members (excludes halogenated alkanes) is 1. The van der Waals surface area contributed by atoms with Gasteiger partial charge in [-0.05, 0) is 58.1 Å². The molecule has 0 bridgehead atoms. The van der Waals surface area contributed by atoms with Crippen molar-refractivity contribution < 1.29 is 13.5 Å². The molecule has 0 spiro atoms. The summed E-state index contributed by atoms with van der Waals surface area (Å²) in [6.07, 6.45) is 1.75. The van der Waals surface area contributed by atoms with E-state index in [9.17, 15) is 13.5 Å². The summed E-state index contributed by atoms with van der Waals surface area (Å²) in [7, 11) is -1.45. The number of rotatable bonds is 9. The van der Waals surface area contributed by atoms with Crippen LogP contribution in [0.4, 0.5) is 0 Å². The van der Waals surface area contributed by atoms with Crippen LogP contribution in [0, 0.1) is 6.92 Å². The molecule has 122 valence electrons. The number of nitrogens with zero attached hydrogens (tertiary/aromatic N) is 1. The fourth-order valence-electron chi connectivity index (χ4n) is 1.98. The number of nitrogens with one attached hydrogen (secondary N) is 1. The summed E-state index contributed by atoms with van der Waals surface area (Å²) in [5, 5.41) is 11.0. The number of hydrogen-bond donors (Lipinski definition) is 2. The van der Waals surface area contributed by atoms with Gasteiger partial charge in [0.25, 0.3) is 0 Å². The van der Waals surface area contributed by atoms with Crippen LogP contribution in [0.25, 0.3) is 0 Å². The molecule has 0 saturated carbocycles. The van der Waals surface area contributed by atoms with E-state index >= 15 is 0 Å². The maximum atomic E-state index is 12.3. The fourth-order valence-corrected chi connectivity index (χ4v) is 4.71. The molecule has 1 aromatic rings. The van der Waals surface area contributed by atoms with Crippen LogP contribution in [0.15, 0.2) is 10.3 Å². The van der Waals surface area contributed by atoms with Gasteiger partial charge in [-0.15, -0.1) is 11.3 Å². The zero-order valence-electron chi connectivity index (χ0n) is 13.2. The van der Waals surface area contributed by atoms with E-state index in [1.807, 2.05) is 0 Å². The SMILES string of the molecule is Cc1csc(CO)c1S(=O)(=O)NCCCCN(C)C(C)C. The number of sulfonamides is 1. The summed E-state index contributed by atoms with van der Waals surface area (Å²) in [6, 6.07) is 0.502. The van der Waals surface area contributed by atoms with Crippen LogP contribution < -0.4 is 4.72 Å². The Hall–Kier alpha value is -0.470. The maximum absolute atomic E-state index is 12.3. The number of thiophene rings is 1. The van der Waals surface area contributed by atoms with Crippen molar-refractivity contribution in [3.05, 3.63) is 15.8 Å². The Labute approximate surface area is 132 Å². The topological polar surface area (TPSA) is 69.6 Å². The molecular weight excluding hydrogens is 308 g/mol. The summed E-state index contributed by atoms with van der Waals surface area (Å²) < 4.78 is 27.2. The van der Waals surface area contributed by atoms with Gasteiger partial charge in [-0.1, -0.05) is 0 Å². The van der Waals surface area contributed by atoms with Gasteiger partial charge in [0.05, 0.1) is 11.5 Å². The van der Waals surface area contributed by atoms with E-state index in [2.05, 4.69) is 30.5 Å². The Balaban J connectivity index is 2.49. The highest BCUT2D eigenvalue weighted by atomic mass is 32.2. The van der Waals surface area contributed by atoms with Crippen LogP contribution in [0.5, 0.6) is 0 Å². The van der Waals surface area contributed by atoms with Gasteiger partial charge >= 0.3 is 0 Å². The van der Waals surface area contributed by atoms with Crippen LogP contribution in [-0.2, 0) is 16.6 Å². The van der Waals surface area contributed by atoms with E-state index in [0.29, 0.717) is 23.0 Å². The molecule has 5 nitrogen and oxygen atoms in total. The fraction of sp³-hybridized carbons (Fsp3) is 0.714. The Bertz CT molecular complexity index is 538. The third-order valence-electron chi connectivity index (χ3n) is 3.51. The van der Waals surface area contributed by atoms with Crippen LogP contribution >= 0.6 is 11.3 Å². The van der Waals surface area contributed by atoms with Crippen molar-refractivity contribution in [2.24, 2.45) is 0 Å². The average molecular weight is 335 g/mol. The minimum absolute atomic E-state index is 0.242. The molecule has 0 fully saturated rings. The van der Waals surface area contributed by atoms with E-state index in [0.717, 1.165) is 19.4 Å². The van der Waals surface area contributed by atoms with Gasteiger partial charge in [-0.25, -0.2) is 13.1 Å². The van der Waals surface area contributed by atoms with E-state index in [1.165, 1.54) is 11.3 Å². The first-order chi connectivity index (χ1) is 9.79. The van der Waals surface area contributed by atoms with Crippen molar-refractivity contribution in [2.75, 3.05) is 20.1 Å². The predicted octanol–water partition coefficient (Wildman–Crippen LogP) is 1.95. The van der Waals surface area contributed by atoms with Gasteiger partial charge in [0.1, 0.15) is 4.90 Å². The van der Waals surface area contributed by atoms with Gasteiger partial charge in [-0.2, -0.15) is 0 Å². The van der Waals surface area contributed by atoms with E-state index in [4.69, 9.17) is 0 Å². The second kappa shape index (κ2) is 8.24. The highest BCUT2D eigenvalue weighted by Crippen LogP contribution is 2.26. The first-order valence-corrected chi connectivity index (χ1v) is 9.53. The highest BCUT2D eigenvalue weighted by Gasteiger charge is 2.22. The van der Waals surface area contributed by atoms with Gasteiger partial charge in [0, 0.05) is 12.6 Å². The van der Waals surface area contributed by atoms with Crippen molar-refractivity contribution in [2.45, 2.75) is 51.2 Å². The zero-order chi connectivity index (χ0) is 16.0. The Morgan fingerprint density at radius 1 is 1.38 bits per heavy atom. The summed E-state index contributed by atoms with van der Waals surface area (Å²) >= 11 is 1.28. The summed E-state index contributed by atoms with van der Waals surface area (Å²) in [4.78, 5) is 2.98. The number of aryl methyl sites for hydroxylation is 1. The van der Waals surface area contributed by atoms with E-state index in [-0.39, 0.29) is 11.5 Å². The second-order valence-corrected chi connectivity index (χ2v) is 8.18. The standard InChI is InChI=1S/C14H26N2O3S2/c1-11(2)16(4)8-6-5-7-15-21(18,19)14-12(3)10-20-13(14)9-17/h10-11,15,17H,5-9H2,1-4H3.